The van der Waals surface area contributed by atoms with Crippen molar-refractivity contribution in [3.05, 3.63) is 156 Å². The third-order valence-corrected chi connectivity index (χ3v) is 14.6. The van der Waals surface area contributed by atoms with Gasteiger partial charge in [0.25, 0.3) is 0 Å². The molecule has 2 N–H and O–H groups in total. The van der Waals surface area contributed by atoms with Gasteiger partial charge in [-0.2, -0.15) is 0 Å². The van der Waals surface area contributed by atoms with E-state index >= 15 is 0 Å². The average Bonchev–Trinajstić information content (AvgIpc) is 3.97. The summed E-state index contributed by atoms with van der Waals surface area (Å²) < 4.78 is 35.8. The number of benzene rings is 6. The van der Waals surface area contributed by atoms with E-state index in [1.165, 1.54) is 17.8 Å². The number of ether oxygens (including phenoxy) is 6. The van der Waals surface area contributed by atoms with Gasteiger partial charge in [0.15, 0.2) is 11.6 Å². The van der Waals surface area contributed by atoms with Crippen LogP contribution in [0, 0.1) is 0 Å². The Morgan fingerprint density at radius 3 is 1.41 bits per heavy atom. The molecule has 2 aliphatic heterocycles. The minimum absolute atomic E-state index is 0.0191. The highest BCUT2D eigenvalue weighted by Gasteiger charge is 2.24. The van der Waals surface area contributed by atoms with Crippen LogP contribution in [0.1, 0.15) is 70.4 Å². The minimum Gasteiger partial charge on any atom is -0.508 e. The number of fused-ring (bicyclic) bond motifs is 2. The fourth-order valence-electron chi connectivity index (χ4n) is 8.45. The Balaban J connectivity index is 0.000000170. The van der Waals surface area contributed by atoms with E-state index in [0.29, 0.717) is 41.2 Å². The Morgan fingerprint density at radius 1 is 0.515 bits per heavy atom. The monoisotopic (exact) mass is 948 g/mol. The number of carbonyl (C=O) groups is 2. The SMILES string of the molecule is COc1ccc(-c2sc3cc(OC)ccc3c2C(=O)c2ccc(OCC3CCCCO3)cc2)cc1.O=C(c1ccc(OCC2CCCCO2)cc1)c1c(-c2ccc(O)cc2)sc2cc(O)ccc12. The molecule has 6 aromatic carbocycles. The topological polar surface area (TPSA) is 130 Å². The molecule has 2 aliphatic rings. The molecule has 4 heterocycles. The summed E-state index contributed by atoms with van der Waals surface area (Å²) >= 11 is 3.04. The molecule has 348 valence electrons. The molecule has 0 spiro atoms. The van der Waals surface area contributed by atoms with Gasteiger partial charge in [0.05, 0.1) is 26.4 Å². The van der Waals surface area contributed by atoms with Crippen LogP contribution >= 0.6 is 22.7 Å². The van der Waals surface area contributed by atoms with Gasteiger partial charge in [-0.05, 0) is 183 Å². The second-order valence-corrected chi connectivity index (χ2v) is 18.8. The number of ketones is 2. The Bertz CT molecular complexity index is 2980. The van der Waals surface area contributed by atoms with Crippen molar-refractivity contribution >= 4 is 54.4 Å². The number of thiophene rings is 2. The van der Waals surface area contributed by atoms with E-state index in [0.717, 1.165) is 104 Å². The van der Waals surface area contributed by atoms with Crippen molar-refractivity contribution in [2.24, 2.45) is 0 Å². The van der Waals surface area contributed by atoms with Crippen LogP contribution in [0.4, 0.5) is 0 Å². The maximum absolute atomic E-state index is 13.8. The lowest BCUT2D eigenvalue weighted by Gasteiger charge is -2.22. The van der Waals surface area contributed by atoms with E-state index in [9.17, 15) is 19.8 Å². The quantitative estimate of drug-likeness (QED) is 0.102. The Hall–Kier alpha value is -6.70. The molecule has 8 aromatic rings. The summed E-state index contributed by atoms with van der Waals surface area (Å²) in [5.74, 6) is 3.20. The maximum Gasteiger partial charge on any atom is 0.195 e. The first-order chi connectivity index (χ1) is 33.2. The van der Waals surface area contributed by atoms with Crippen LogP contribution in [0.15, 0.2) is 133 Å². The molecule has 10 rings (SSSR count). The normalized spacial score (nSPS) is 15.9. The molecule has 68 heavy (non-hydrogen) atoms. The lowest BCUT2D eigenvalue weighted by molar-refractivity contribution is -0.0111. The second-order valence-electron chi connectivity index (χ2n) is 16.7. The van der Waals surface area contributed by atoms with Gasteiger partial charge in [0.2, 0.25) is 0 Å². The molecule has 0 saturated carbocycles. The maximum atomic E-state index is 13.8. The van der Waals surface area contributed by atoms with Gasteiger partial charge in [-0.15, -0.1) is 22.7 Å². The summed E-state index contributed by atoms with van der Waals surface area (Å²) in [5.41, 5.74) is 4.28. The number of rotatable bonds is 14. The van der Waals surface area contributed by atoms with Crippen molar-refractivity contribution in [1.82, 2.24) is 0 Å². The first kappa shape index (κ1) is 46.4. The molecule has 0 bridgehead atoms. The molecule has 2 atom stereocenters. The van der Waals surface area contributed by atoms with Crippen LogP contribution in [-0.4, -0.2) is 74.6 Å². The van der Waals surface area contributed by atoms with Crippen molar-refractivity contribution < 1.29 is 48.2 Å². The number of methoxy groups -OCH3 is 2. The van der Waals surface area contributed by atoms with Crippen LogP contribution in [-0.2, 0) is 9.47 Å². The highest BCUT2D eigenvalue weighted by molar-refractivity contribution is 7.23. The molecule has 0 amide bonds. The summed E-state index contributed by atoms with van der Waals surface area (Å²) in [6.07, 6.45) is 6.88. The second kappa shape index (κ2) is 21.5. The summed E-state index contributed by atoms with van der Waals surface area (Å²) in [6.45, 7) is 2.64. The minimum atomic E-state index is -0.0998. The summed E-state index contributed by atoms with van der Waals surface area (Å²) in [7, 11) is 3.29. The van der Waals surface area contributed by atoms with E-state index in [-0.39, 0.29) is 35.3 Å². The van der Waals surface area contributed by atoms with Crippen LogP contribution in [0.5, 0.6) is 34.5 Å². The number of carbonyl (C=O) groups excluding carboxylic acids is 2. The van der Waals surface area contributed by atoms with E-state index in [2.05, 4.69) is 0 Å². The van der Waals surface area contributed by atoms with Gasteiger partial charge in [-0.1, -0.05) is 0 Å². The molecular weight excluding hydrogens is 897 g/mol. The molecule has 2 saturated heterocycles. The van der Waals surface area contributed by atoms with Gasteiger partial charge in [0, 0.05) is 65.4 Å². The highest BCUT2D eigenvalue weighted by atomic mass is 32.1. The lowest BCUT2D eigenvalue weighted by Crippen LogP contribution is -2.25. The van der Waals surface area contributed by atoms with Crippen molar-refractivity contribution in [3.63, 3.8) is 0 Å². The average molecular weight is 949 g/mol. The number of hydrogen-bond donors (Lipinski definition) is 2. The first-order valence-electron chi connectivity index (χ1n) is 22.8. The predicted molar refractivity (Wildman–Crippen MR) is 269 cm³/mol. The van der Waals surface area contributed by atoms with Gasteiger partial charge in [-0.25, -0.2) is 0 Å². The number of aromatic hydroxyl groups is 2. The third-order valence-electron chi connectivity index (χ3n) is 12.2. The molecule has 2 fully saturated rings. The Labute approximate surface area is 403 Å². The fraction of sp³-hybridized carbons (Fsp3) is 0.250. The zero-order valence-corrected chi connectivity index (χ0v) is 39.5. The Morgan fingerprint density at radius 2 is 0.941 bits per heavy atom. The van der Waals surface area contributed by atoms with Gasteiger partial charge in [-0.3, -0.25) is 9.59 Å². The van der Waals surface area contributed by atoms with E-state index in [1.54, 1.807) is 80.2 Å². The van der Waals surface area contributed by atoms with Crippen LogP contribution in [0.2, 0.25) is 0 Å². The van der Waals surface area contributed by atoms with Crippen LogP contribution in [0.3, 0.4) is 0 Å². The lowest BCUT2D eigenvalue weighted by atomic mass is 9.97. The fourth-order valence-corrected chi connectivity index (χ4v) is 10.9. The molecule has 12 heteroatoms. The molecular formula is C56H52O10S2. The van der Waals surface area contributed by atoms with E-state index in [1.807, 2.05) is 78.9 Å². The van der Waals surface area contributed by atoms with Gasteiger partial charge >= 0.3 is 0 Å². The van der Waals surface area contributed by atoms with Crippen molar-refractivity contribution in [2.45, 2.75) is 50.7 Å². The van der Waals surface area contributed by atoms with Gasteiger partial charge in [0.1, 0.15) is 47.7 Å². The molecule has 2 unspecified atom stereocenters. The predicted octanol–water partition coefficient (Wildman–Crippen LogP) is 12.9. The van der Waals surface area contributed by atoms with Crippen LogP contribution < -0.4 is 18.9 Å². The Kier molecular flexibility index (Phi) is 14.7. The largest absolute Gasteiger partial charge is 0.508 e. The smallest absolute Gasteiger partial charge is 0.195 e. The highest BCUT2D eigenvalue weighted by Crippen LogP contribution is 2.43. The van der Waals surface area contributed by atoms with E-state index in [4.69, 9.17) is 28.4 Å². The van der Waals surface area contributed by atoms with Crippen molar-refractivity contribution in [1.29, 1.82) is 0 Å². The van der Waals surface area contributed by atoms with E-state index < -0.39 is 0 Å². The van der Waals surface area contributed by atoms with Gasteiger partial charge < -0.3 is 38.6 Å². The molecule has 0 radical (unpaired) electrons. The number of hydrogen-bond acceptors (Lipinski definition) is 12. The summed E-state index contributed by atoms with van der Waals surface area (Å²) in [4.78, 5) is 29.1. The zero-order chi connectivity index (χ0) is 47.0. The molecule has 10 nitrogen and oxygen atoms in total. The van der Waals surface area contributed by atoms with Crippen molar-refractivity contribution in [2.75, 3.05) is 40.6 Å². The van der Waals surface area contributed by atoms with Crippen LogP contribution in [0.25, 0.3) is 41.1 Å². The summed E-state index contributed by atoms with van der Waals surface area (Å²) in [5, 5.41) is 21.3. The first-order valence-corrected chi connectivity index (χ1v) is 24.5. The standard InChI is InChI=1S/C29H28O5S.C27H24O5S/c1-31-21-10-8-20(9-11-21)29-27(25-15-14-23(32-2)17-26(25)35-29)28(30)19-6-12-22(13-7-19)34-18-24-5-3-4-16-33-24;28-19-8-4-18(5-9-19)27-25(23-13-10-20(29)15-24(23)33-27)26(30)17-6-11-21(12-7-17)32-16-22-3-1-2-14-31-22/h6-15,17,24H,3-5,16,18H2,1-2H3;4-13,15,22,28-29H,1-3,14,16H2. The third kappa shape index (κ3) is 10.7. The molecule has 2 aromatic heterocycles. The zero-order valence-electron chi connectivity index (χ0n) is 37.9. The molecule has 0 aliphatic carbocycles. The number of phenols is 2. The van der Waals surface area contributed by atoms with Crippen molar-refractivity contribution in [3.8, 4) is 55.4 Å². The summed E-state index contributed by atoms with van der Waals surface area (Å²) in [6, 6.07) is 40.1. The number of phenolic OH excluding ortho intramolecular Hbond substituents is 2.